The zero-order chi connectivity index (χ0) is 17.5. The second kappa shape index (κ2) is 5.82. The van der Waals surface area contributed by atoms with E-state index in [9.17, 15) is 9.59 Å². The maximum Gasteiger partial charge on any atom is 0.417 e. The van der Waals surface area contributed by atoms with Gasteiger partial charge >= 0.3 is 6.09 Å². The third-order valence-electron chi connectivity index (χ3n) is 4.42. The Balaban J connectivity index is 2.07. The number of fused-ring (bicyclic) bond motifs is 1. The van der Waals surface area contributed by atoms with E-state index in [1.54, 1.807) is 12.4 Å². The molecule has 1 fully saturated rings. The number of carbonyl (C=O) groups excluding carboxylic acids is 2. The van der Waals surface area contributed by atoms with Crippen molar-refractivity contribution in [3.8, 4) is 0 Å². The Labute approximate surface area is 142 Å². The molecule has 0 spiro atoms. The predicted octanol–water partition coefficient (Wildman–Crippen LogP) is 3.46. The molecule has 0 aromatic heterocycles. The molecule has 5 heteroatoms. The summed E-state index contributed by atoms with van der Waals surface area (Å²) in [5.74, 6) is -0.125. The van der Waals surface area contributed by atoms with Crippen LogP contribution in [0.3, 0.4) is 0 Å². The average molecular weight is 326 g/mol. The van der Waals surface area contributed by atoms with Gasteiger partial charge in [0.2, 0.25) is 0 Å². The first-order valence-corrected chi connectivity index (χ1v) is 7.99. The molecule has 2 atom stereocenters. The number of likely N-dealkylation sites (tertiary alicyclic amines) is 1. The fourth-order valence-corrected chi connectivity index (χ4v) is 3.41. The van der Waals surface area contributed by atoms with Gasteiger partial charge in [0.15, 0.2) is 0 Å². The van der Waals surface area contributed by atoms with E-state index in [2.05, 4.69) is 0 Å². The van der Waals surface area contributed by atoms with E-state index in [1.165, 1.54) is 12.0 Å². The lowest BCUT2D eigenvalue weighted by atomic mass is 9.88. The van der Waals surface area contributed by atoms with Crippen molar-refractivity contribution < 1.29 is 14.3 Å². The molecule has 1 saturated heterocycles. The molecule has 2 aliphatic heterocycles. The molecule has 0 saturated carbocycles. The van der Waals surface area contributed by atoms with Crippen LogP contribution in [0.1, 0.15) is 32.4 Å². The molecule has 3 rings (SSSR count). The number of nitrogens with zero attached hydrogens (tertiary/aromatic N) is 2. The molecule has 0 unspecified atom stereocenters. The minimum Gasteiger partial charge on any atom is -0.452 e. The Hall–Kier alpha value is -2.56. The van der Waals surface area contributed by atoms with E-state index in [0.717, 1.165) is 5.56 Å². The van der Waals surface area contributed by atoms with Crippen molar-refractivity contribution in [2.45, 2.75) is 32.4 Å². The van der Waals surface area contributed by atoms with E-state index in [-0.39, 0.29) is 23.4 Å². The summed E-state index contributed by atoms with van der Waals surface area (Å²) in [6.07, 6.45) is 4.68. The molecule has 0 radical (unpaired) electrons. The van der Waals surface area contributed by atoms with E-state index in [1.807, 2.05) is 62.1 Å². The van der Waals surface area contributed by atoms with Crippen molar-refractivity contribution in [2.75, 3.05) is 7.11 Å². The van der Waals surface area contributed by atoms with E-state index < -0.39 is 6.09 Å². The van der Waals surface area contributed by atoms with Gasteiger partial charge in [0.1, 0.15) is 0 Å². The number of rotatable bonds is 1. The highest BCUT2D eigenvalue weighted by molar-refractivity contribution is 5.98. The zero-order valence-electron chi connectivity index (χ0n) is 14.4. The normalized spacial score (nSPS) is 23.2. The SMILES string of the molecule is COC(=O)N1C=C[C@H]2C(=C1)C(=O)N(C(C)(C)C)[C@@H]2c1ccccc1. The van der Waals surface area contributed by atoms with Gasteiger partial charge in [-0.05, 0) is 26.3 Å². The Morgan fingerprint density at radius 1 is 1.17 bits per heavy atom. The Kier molecular flexibility index (Phi) is 3.95. The number of amides is 2. The van der Waals surface area contributed by atoms with Crippen LogP contribution in [0.4, 0.5) is 4.79 Å². The quantitative estimate of drug-likeness (QED) is 0.794. The number of hydrogen-bond donors (Lipinski definition) is 0. The molecular formula is C19H22N2O3. The summed E-state index contributed by atoms with van der Waals surface area (Å²) in [6, 6.07) is 9.93. The van der Waals surface area contributed by atoms with Gasteiger partial charge in [-0.15, -0.1) is 0 Å². The van der Waals surface area contributed by atoms with Crippen LogP contribution in [0, 0.1) is 5.92 Å². The highest BCUT2D eigenvalue weighted by atomic mass is 16.5. The van der Waals surface area contributed by atoms with Gasteiger partial charge in [-0.3, -0.25) is 9.69 Å². The number of hydrogen-bond acceptors (Lipinski definition) is 3. The molecule has 2 heterocycles. The molecule has 1 aromatic carbocycles. The lowest BCUT2D eigenvalue weighted by Gasteiger charge is -2.38. The molecule has 2 amide bonds. The topological polar surface area (TPSA) is 49.9 Å². The summed E-state index contributed by atoms with van der Waals surface area (Å²) in [5.41, 5.74) is 1.37. The first-order valence-electron chi connectivity index (χ1n) is 7.99. The summed E-state index contributed by atoms with van der Waals surface area (Å²) < 4.78 is 4.75. The second-order valence-electron chi connectivity index (χ2n) is 7.03. The van der Waals surface area contributed by atoms with Crippen LogP contribution in [0.5, 0.6) is 0 Å². The van der Waals surface area contributed by atoms with Gasteiger partial charge in [0, 0.05) is 29.4 Å². The lowest BCUT2D eigenvalue weighted by Crippen LogP contribution is -2.44. The third-order valence-corrected chi connectivity index (χ3v) is 4.42. The summed E-state index contributed by atoms with van der Waals surface area (Å²) >= 11 is 0. The molecular weight excluding hydrogens is 304 g/mol. The minimum absolute atomic E-state index is 0.0420. The molecule has 126 valence electrons. The van der Waals surface area contributed by atoms with Crippen LogP contribution in [-0.4, -0.2) is 34.4 Å². The number of ether oxygens (including phenoxy) is 1. The van der Waals surface area contributed by atoms with Crippen molar-refractivity contribution in [1.29, 1.82) is 0 Å². The monoisotopic (exact) mass is 326 g/mol. The van der Waals surface area contributed by atoms with Gasteiger partial charge in [-0.2, -0.15) is 0 Å². The van der Waals surface area contributed by atoms with Crippen molar-refractivity contribution in [2.24, 2.45) is 5.92 Å². The van der Waals surface area contributed by atoms with E-state index in [4.69, 9.17) is 4.74 Å². The van der Waals surface area contributed by atoms with E-state index >= 15 is 0 Å². The predicted molar refractivity (Wildman–Crippen MR) is 90.7 cm³/mol. The van der Waals surface area contributed by atoms with Crippen LogP contribution < -0.4 is 0 Å². The maximum absolute atomic E-state index is 13.1. The number of carbonyl (C=O) groups is 2. The van der Waals surface area contributed by atoms with Crippen LogP contribution in [0.25, 0.3) is 0 Å². The van der Waals surface area contributed by atoms with Crippen LogP contribution in [-0.2, 0) is 9.53 Å². The fourth-order valence-electron chi connectivity index (χ4n) is 3.41. The van der Waals surface area contributed by atoms with Crippen molar-refractivity contribution >= 4 is 12.0 Å². The average Bonchev–Trinajstić information content (AvgIpc) is 2.87. The van der Waals surface area contributed by atoms with Crippen molar-refractivity contribution in [1.82, 2.24) is 9.80 Å². The van der Waals surface area contributed by atoms with E-state index in [0.29, 0.717) is 5.57 Å². The molecule has 0 bridgehead atoms. The van der Waals surface area contributed by atoms with Gasteiger partial charge in [0.25, 0.3) is 5.91 Å². The summed E-state index contributed by atoms with van der Waals surface area (Å²) in [5, 5.41) is 0. The Morgan fingerprint density at radius 3 is 2.42 bits per heavy atom. The van der Waals surface area contributed by atoms with Gasteiger partial charge in [-0.1, -0.05) is 36.4 Å². The molecule has 2 aliphatic rings. The highest BCUT2D eigenvalue weighted by Crippen LogP contribution is 2.47. The van der Waals surface area contributed by atoms with Crippen molar-refractivity contribution in [3.63, 3.8) is 0 Å². The number of methoxy groups -OCH3 is 1. The molecule has 0 aliphatic carbocycles. The van der Waals surface area contributed by atoms with Crippen LogP contribution in [0.2, 0.25) is 0 Å². The molecule has 1 aromatic rings. The number of benzene rings is 1. The fraction of sp³-hybridized carbons (Fsp3) is 0.368. The molecule has 24 heavy (non-hydrogen) atoms. The largest absolute Gasteiger partial charge is 0.452 e. The first kappa shape index (κ1) is 16.3. The first-order chi connectivity index (χ1) is 11.3. The highest BCUT2D eigenvalue weighted by Gasteiger charge is 2.49. The van der Waals surface area contributed by atoms with Gasteiger partial charge < -0.3 is 9.64 Å². The Bertz CT molecular complexity index is 716. The smallest absolute Gasteiger partial charge is 0.417 e. The maximum atomic E-state index is 13.1. The summed E-state index contributed by atoms with van der Waals surface area (Å²) in [4.78, 5) is 28.1. The van der Waals surface area contributed by atoms with Crippen LogP contribution >= 0.6 is 0 Å². The van der Waals surface area contributed by atoms with Crippen LogP contribution in [0.15, 0.2) is 54.4 Å². The minimum atomic E-state index is -0.504. The third kappa shape index (κ3) is 2.60. The van der Waals surface area contributed by atoms with Crippen molar-refractivity contribution in [3.05, 3.63) is 59.9 Å². The standard InChI is InChI=1S/C19H22N2O3/c1-19(2,3)21-16(13-8-6-5-7-9-13)14-10-11-20(18(23)24-4)12-15(14)17(21)22/h5-12,14,16H,1-4H3/t14-,16+/m0/s1. The lowest BCUT2D eigenvalue weighted by molar-refractivity contribution is -0.131. The zero-order valence-corrected chi connectivity index (χ0v) is 14.4. The summed E-state index contributed by atoms with van der Waals surface area (Å²) in [7, 11) is 1.32. The van der Waals surface area contributed by atoms with Gasteiger partial charge in [-0.25, -0.2) is 4.79 Å². The molecule has 0 N–H and O–H groups in total. The Morgan fingerprint density at radius 2 is 1.83 bits per heavy atom. The second-order valence-corrected chi connectivity index (χ2v) is 7.03. The summed E-state index contributed by atoms with van der Waals surface area (Å²) in [6.45, 7) is 6.08. The van der Waals surface area contributed by atoms with Gasteiger partial charge in [0.05, 0.1) is 13.2 Å². The molecule has 5 nitrogen and oxygen atoms in total.